The van der Waals surface area contributed by atoms with E-state index in [-0.39, 0.29) is 30.8 Å². The molecule has 1 aliphatic heterocycles. The lowest BCUT2D eigenvalue weighted by Crippen LogP contribution is -2.38. The monoisotopic (exact) mass is 522 g/mol. The first-order chi connectivity index (χ1) is 11.7. The molecule has 25 heavy (non-hydrogen) atoms. The second-order valence-electron chi connectivity index (χ2n) is 5.33. The fraction of sp³-hybridized carbons (Fsp3) is 0.375. The maximum atomic E-state index is 5.45. The summed E-state index contributed by atoms with van der Waals surface area (Å²) in [6.07, 6.45) is 1.57. The maximum Gasteiger partial charge on any atom is 0.231 e. The van der Waals surface area contributed by atoms with Gasteiger partial charge in [0.1, 0.15) is 12.0 Å². The lowest BCUT2D eigenvalue weighted by molar-refractivity contribution is 0.173. The van der Waals surface area contributed by atoms with Crippen molar-refractivity contribution >= 4 is 45.9 Å². The van der Waals surface area contributed by atoms with Crippen molar-refractivity contribution in [3.63, 3.8) is 0 Å². The topological polar surface area (TPSA) is 72.1 Å². The number of benzene rings is 1. The van der Waals surface area contributed by atoms with Gasteiger partial charge in [-0.25, -0.2) is 4.99 Å². The molecule has 1 aromatic heterocycles. The van der Waals surface area contributed by atoms with E-state index < -0.39 is 0 Å². The van der Waals surface area contributed by atoms with Crippen LogP contribution in [0.15, 0.2) is 38.5 Å². The molecule has 0 saturated carbocycles. The smallest absolute Gasteiger partial charge is 0.231 e. The number of aromatic nitrogens is 1. The highest BCUT2D eigenvalue weighted by molar-refractivity contribution is 14.0. The van der Waals surface area contributed by atoms with E-state index in [1.165, 1.54) is 0 Å². The number of ether oxygens (including phenoxy) is 2. The third-order valence-corrected chi connectivity index (χ3v) is 4.07. The summed E-state index contributed by atoms with van der Waals surface area (Å²) in [5.74, 6) is 2.29. The van der Waals surface area contributed by atoms with Crippen LogP contribution in [-0.2, 0) is 13.1 Å². The van der Waals surface area contributed by atoms with Crippen molar-refractivity contribution in [2.75, 3.05) is 20.4 Å². The van der Waals surface area contributed by atoms with Crippen LogP contribution in [0, 0.1) is 0 Å². The number of nitrogens with one attached hydrogen (secondary N) is 1. The van der Waals surface area contributed by atoms with Crippen molar-refractivity contribution in [3.05, 3.63) is 40.2 Å². The molecule has 0 atom stereocenters. The zero-order valence-corrected chi connectivity index (χ0v) is 17.9. The van der Waals surface area contributed by atoms with E-state index in [4.69, 9.17) is 14.0 Å². The number of hydrogen-bond acceptors (Lipinski definition) is 5. The van der Waals surface area contributed by atoms with E-state index in [0.717, 1.165) is 39.7 Å². The van der Waals surface area contributed by atoms with Crippen LogP contribution >= 0.6 is 39.9 Å². The molecule has 0 unspecified atom stereocenters. The average Bonchev–Trinajstić information content (AvgIpc) is 3.22. The lowest BCUT2D eigenvalue weighted by atomic mass is 10.2. The number of halogens is 2. The molecule has 1 N–H and O–H groups in total. The van der Waals surface area contributed by atoms with E-state index >= 15 is 0 Å². The molecular weight excluding hydrogens is 503 g/mol. The lowest BCUT2D eigenvalue weighted by Gasteiger charge is -2.20. The van der Waals surface area contributed by atoms with E-state index in [1.54, 1.807) is 6.26 Å². The SMILES string of the molecule is CCNC(=NCc1cc(Br)c2c(c1)OCO2)N(C)Cc1ccon1.I. The van der Waals surface area contributed by atoms with Crippen molar-refractivity contribution in [2.24, 2.45) is 4.99 Å². The van der Waals surface area contributed by atoms with Gasteiger partial charge in [0.15, 0.2) is 17.5 Å². The molecule has 0 radical (unpaired) electrons. The highest BCUT2D eigenvalue weighted by Crippen LogP contribution is 2.40. The van der Waals surface area contributed by atoms with Crippen LogP contribution in [0.5, 0.6) is 11.5 Å². The van der Waals surface area contributed by atoms with E-state index in [2.05, 4.69) is 31.4 Å². The third kappa shape index (κ3) is 5.00. The van der Waals surface area contributed by atoms with Gasteiger partial charge in [0.25, 0.3) is 0 Å². The number of rotatable bonds is 5. The number of hydrogen-bond donors (Lipinski definition) is 1. The maximum absolute atomic E-state index is 5.45. The zero-order chi connectivity index (χ0) is 16.9. The van der Waals surface area contributed by atoms with Gasteiger partial charge >= 0.3 is 0 Å². The van der Waals surface area contributed by atoms with Crippen LogP contribution < -0.4 is 14.8 Å². The summed E-state index contributed by atoms with van der Waals surface area (Å²) in [5, 5.41) is 7.21. The molecule has 0 saturated heterocycles. The van der Waals surface area contributed by atoms with Crippen molar-refractivity contribution in [2.45, 2.75) is 20.0 Å². The molecule has 2 heterocycles. The van der Waals surface area contributed by atoms with Gasteiger partial charge in [0, 0.05) is 19.7 Å². The summed E-state index contributed by atoms with van der Waals surface area (Å²) in [7, 11) is 1.96. The normalized spacial score (nSPS) is 12.7. The zero-order valence-electron chi connectivity index (χ0n) is 14.0. The highest BCUT2D eigenvalue weighted by atomic mass is 127. The standard InChI is InChI=1S/C16H19BrN4O3.HI/c1-3-18-16(21(2)9-12-4-5-24-20-12)19-8-11-6-13(17)15-14(7-11)22-10-23-15;/h4-7H,3,8-10H2,1-2H3,(H,18,19);1H. The number of aliphatic imine (C=N–C) groups is 1. The van der Waals surface area contributed by atoms with Gasteiger partial charge in [-0.2, -0.15) is 0 Å². The molecule has 0 bridgehead atoms. The molecule has 3 rings (SSSR count). The Morgan fingerprint density at radius 3 is 2.96 bits per heavy atom. The van der Waals surface area contributed by atoms with Crippen LogP contribution in [0.1, 0.15) is 18.2 Å². The van der Waals surface area contributed by atoms with Crippen LogP contribution in [0.3, 0.4) is 0 Å². The van der Waals surface area contributed by atoms with Gasteiger partial charge in [-0.1, -0.05) is 5.16 Å². The molecule has 0 amide bonds. The van der Waals surface area contributed by atoms with Gasteiger partial charge in [0.05, 0.1) is 17.6 Å². The summed E-state index contributed by atoms with van der Waals surface area (Å²) in [6.45, 7) is 4.22. The predicted octanol–water partition coefficient (Wildman–Crippen LogP) is 3.38. The van der Waals surface area contributed by atoms with E-state index in [0.29, 0.717) is 13.1 Å². The number of nitrogens with zero attached hydrogens (tertiary/aromatic N) is 3. The number of guanidine groups is 1. The molecule has 7 nitrogen and oxygen atoms in total. The van der Waals surface area contributed by atoms with Gasteiger partial charge in [-0.3, -0.25) is 0 Å². The minimum atomic E-state index is 0. The molecular formula is C16H20BrIN4O3. The van der Waals surface area contributed by atoms with Gasteiger partial charge in [-0.15, -0.1) is 24.0 Å². The molecule has 0 fully saturated rings. The number of fused-ring (bicyclic) bond motifs is 1. The van der Waals surface area contributed by atoms with Crippen molar-refractivity contribution < 1.29 is 14.0 Å². The van der Waals surface area contributed by atoms with Crippen LogP contribution in [0.4, 0.5) is 0 Å². The van der Waals surface area contributed by atoms with Gasteiger partial charge in [-0.05, 0) is 40.5 Å². The van der Waals surface area contributed by atoms with E-state index in [9.17, 15) is 0 Å². The average molecular weight is 523 g/mol. The molecule has 2 aromatic rings. The van der Waals surface area contributed by atoms with Crippen molar-refractivity contribution in [1.29, 1.82) is 0 Å². The minimum Gasteiger partial charge on any atom is -0.454 e. The van der Waals surface area contributed by atoms with Crippen LogP contribution in [0.25, 0.3) is 0 Å². The summed E-state index contributed by atoms with van der Waals surface area (Å²) in [5.41, 5.74) is 1.89. The summed E-state index contributed by atoms with van der Waals surface area (Å²) >= 11 is 3.51. The fourth-order valence-electron chi connectivity index (χ4n) is 2.38. The molecule has 0 spiro atoms. The largest absolute Gasteiger partial charge is 0.454 e. The van der Waals surface area contributed by atoms with Crippen molar-refractivity contribution in [3.8, 4) is 11.5 Å². The Morgan fingerprint density at radius 1 is 1.40 bits per heavy atom. The highest BCUT2D eigenvalue weighted by Gasteiger charge is 2.18. The molecule has 1 aliphatic rings. The molecule has 9 heteroatoms. The Morgan fingerprint density at radius 2 is 2.24 bits per heavy atom. The summed E-state index contributed by atoms with van der Waals surface area (Å²) < 4.78 is 16.6. The van der Waals surface area contributed by atoms with Gasteiger partial charge < -0.3 is 24.2 Å². The Labute approximate surface area is 171 Å². The van der Waals surface area contributed by atoms with Crippen LogP contribution in [0.2, 0.25) is 0 Å². The van der Waals surface area contributed by atoms with E-state index in [1.807, 2.05) is 37.1 Å². The Bertz CT molecular complexity index is 724. The predicted molar refractivity (Wildman–Crippen MR) is 108 cm³/mol. The first-order valence-corrected chi connectivity index (χ1v) is 8.43. The minimum absolute atomic E-state index is 0. The third-order valence-electron chi connectivity index (χ3n) is 3.49. The molecule has 1 aromatic carbocycles. The fourth-order valence-corrected chi connectivity index (χ4v) is 2.99. The summed E-state index contributed by atoms with van der Waals surface area (Å²) in [6, 6.07) is 5.80. The second kappa shape index (κ2) is 9.27. The van der Waals surface area contributed by atoms with Crippen molar-refractivity contribution in [1.82, 2.24) is 15.4 Å². The first kappa shape index (κ1) is 19.8. The second-order valence-corrected chi connectivity index (χ2v) is 6.18. The molecule has 0 aliphatic carbocycles. The molecule has 136 valence electrons. The Hall–Kier alpha value is -1.49. The Kier molecular flexibility index (Phi) is 7.36. The van der Waals surface area contributed by atoms with Crippen LogP contribution in [-0.4, -0.2) is 36.4 Å². The Balaban J connectivity index is 0.00000225. The summed E-state index contributed by atoms with van der Waals surface area (Å²) in [4.78, 5) is 6.69. The first-order valence-electron chi connectivity index (χ1n) is 7.64. The van der Waals surface area contributed by atoms with Gasteiger partial charge in [0.2, 0.25) is 6.79 Å². The quantitative estimate of drug-likeness (QED) is 0.369.